The fourth-order valence-corrected chi connectivity index (χ4v) is 2.19. The first kappa shape index (κ1) is 15.4. The Bertz CT molecular complexity index is 677. The van der Waals surface area contributed by atoms with Crippen molar-refractivity contribution in [2.45, 2.75) is 13.0 Å². The molecule has 0 spiro atoms. The molecule has 0 saturated heterocycles. The van der Waals surface area contributed by atoms with Crippen LogP contribution >= 0.6 is 15.9 Å². The molecule has 0 heterocycles. The Balaban J connectivity index is 2.34. The minimum Gasteiger partial charge on any atom is -0.373 e. The zero-order chi connectivity index (χ0) is 15.6. The SMILES string of the molecule is CC(Nc1cc(F)cc(F)c1[N+](=O)[O-])c1ccc(Br)cc1. The molecule has 2 aromatic rings. The molecule has 2 rings (SSSR count). The number of hydrogen-bond donors (Lipinski definition) is 1. The average Bonchev–Trinajstić information content (AvgIpc) is 2.37. The predicted molar refractivity (Wildman–Crippen MR) is 79.2 cm³/mol. The van der Waals surface area contributed by atoms with Crippen LogP contribution in [-0.2, 0) is 0 Å². The molecule has 0 fully saturated rings. The van der Waals surface area contributed by atoms with Gasteiger partial charge in [0.2, 0.25) is 5.82 Å². The summed E-state index contributed by atoms with van der Waals surface area (Å²) in [5.74, 6) is -2.07. The molecule has 21 heavy (non-hydrogen) atoms. The van der Waals surface area contributed by atoms with Gasteiger partial charge in [0.1, 0.15) is 11.5 Å². The molecule has 7 heteroatoms. The van der Waals surface area contributed by atoms with Crippen LogP contribution in [0.4, 0.5) is 20.2 Å². The minimum absolute atomic E-state index is 0.187. The van der Waals surface area contributed by atoms with Crippen LogP contribution in [0.2, 0.25) is 0 Å². The molecule has 110 valence electrons. The minimum atomic E-state index is -1.20. The summed E-state index contributed by atoms with van der Waals surface area (Å²) >= 11 is 3.30. The molecular weight excluding hydrogens is 346 g/mol. The van der Waals surface area contributed by atoms with Gasteiger partial charge in [-0.2, -0.15) is 4.39 Å². The first-order valence-electron chi connectivity index (χ1n) is 6.04. The van der Waals surface area contributed by atoms with Crippen LogP contribution in [-0.4, -0.2) is 4.92 Å². The van der Waals surface area contributed by atoms with Crippen molar-refractivity contribution in [3.8, 4) is 0 Å². The van der Waals surface area contributed by atoms with E-state index in [1.165, 1.54) is 0 Å². The topological polar surface area (TPSA) is 55.2 Å². The van der Waals surface area contributed by atoms with E-state index >= 15 is 0 Å². The monoisotopic (exact) mass is 356 g/mol. The van der Waals surface area contributed by atoms with Gasteiger partial charge < -0.3 is 5.32 Å². The lowest BCUT2D eigenvalue weighted by atomic mass is 10.1. The van der Waals surface area contributed by atoms with E-state index in [0.29, 0.717) is 6.07 Å². The molecule has 1 atom stereocenters. The fourth-order valence-electron chi connectivity index (χ4n) is 1.93. The number of rotatable bonds is 4. The molecule has 1 N–H and O–H groups in total. The van der Waals surface area contributed by atoms with Gasteiger partial charge in [0.15, 0.2) is 0 Å². The maximum Gasteiger partial charge on any atom is 0.327 e. The summed E-state index contributed by atoms with van der Waals surface area (Å²) in [6.45, 7) is 1.75. The molecule has 4 nitrogen and oxygen atoms in total. The number of anilines is 1. The second-order valence-electron chi connectivity index (χ2n) is 4.46. The van der Waals surface area contributed by atoms with Crippen molar-refractivity contribution in [2.24, 2.45) is 0 Å². The number of nitrogens with one attached hydrogen (secondary N) is 1. The Morgan fingerprint density at radius 1 is 1.24 bits per heavy atom. The van der Waals surface area contributed by atoms with E-state index in [9.17, 15) is 18.9 Å². The van der Waals surface area contributed by atoms with Crippen molar-refractivity contribution < 1.29 is 13.7 Å². The largest absolute Gasteiger partial charge is 0.373 e. The third kappa shape index (κ3) is 3.55. The molecule has 2 aromatic carbocycles. The van der Waals surface area contributed by atoms with Crippen LogP contribution in [0.15, 0.2) is 40.9 Å². The maximum atomic E-state index is 13.5. The van der Waals surface area contributed by atoms with Crippen molar-refractivity contribution in [3.05, 3.63) is 68.2 Å². The van der Waals surface area contributed by atoms with E-state index in [2.05, 4.69) is 21.2 Å². The number of nitrogens with zero attached hydrogens (tertiary/aromatic N) is 1. The summed E-state index contributed by atoms with van der Waals surface area (Å²) in [5, 5.41) is 13.7. The Hall–Kier alpha value is -2.02. The second kappa shape index (κ2) is 6.17. The van der Waals surface area contributed by atoms with Crippen LogP contribution in [0.5, 0.6) is 0 Å². The van der Waals surface area contributed by atoms with E-state index in [1.807, 2.05) is 24.3 Å². The van der Waals surface area contributed by atoms with Crippen molar-refractivity contribution in [3.63, 3.8) is 0 Å². The molecule has 1 unspecified atom stereocenters. The van der Waals surface area contributed by atoms with Crippen LogP contribution in [0.1, 0.15) is 18.5 Å². The highest BCUT2D eigenvalue weighted by atomic mass is 79.9. The highest BCUT2D eigenvalue weighted by molar-refractivity contribution is 9.10. The van der Waals surface area contributed by atoms with Crippen LogP contribution in [0.3, 0.4) is 0 Å². The van der Waals surface area contributed by atoms with Crippen LogP contribution in [0, 0.1) is 21.7 Å². The summed E-state index contributed by atoms with van der Waals surface area (Å²) in [4.78, 5) is 10.0. The predicted octanol–water partition coefficient (Wildman–Crippen LogP) is 4.81. The van der Waals surface area contributed by atoms with Gasteiger partial charge in [0.05, 0.1) is 4.92 Å². The zero-order valence-corrected chi connectivity index (χ0v) is 12.5. The molecule has 0 radical (unpaired) electrons. The van der Waals surface area contributed by atoms with Gasteiger partial charge in [0.25, 0.3) is 0 Å². The molecule has 0 aliphatic rings. The van der Waals surface area contributed by atoms with Crippen molar-refractivity contribution in [2.75, 3.05) is 5.32 Å². The van der Waals surface area contributed by atoms with Gasteiger partial charge in [-0.15, -0.1) is 0 Å². The standard InChI is InChI=1S/C14H11BrF2N2O2/c1-8(9-2-4-10(15)5-3-9)18-13-7-11(16)6-12(17)14(13)19(20)21/h2-8,18H,1H3. The molecule has 0 aliphatic heterocycles. The van der Waals surface area contributed by atoms with Gasteiger partial charge in [-0.3, -0.25) is 10.1 Å². The Morgan fingerprint density at radius 3 is 2.43 bits per heavy atom. The third-order valence-corrected chi connectivity index (χ3v) is 3.48. The highest BCUT2D eigenvalue weighted by Crippen LogP contribution is 2.31. The van der Waals surface area contributed by atoms with Gasteiger partial charge >= 0.3 is 5.69 Å². The summed E-state index contributed by atoms with van der Waals surface area (Å²) in [6.07, 6.45) is 0. The van der Waals surface area contributed by atoms with Gasteiger partial charge in [-0.1, -0.05) is 28.1 Å². The molecule has 0 aromatic heterocycles. The van der Waals surface area contributed by atoms with E-state index in [-0.39, 0.29) is 11.7 Å². The first-order chi connectivity index (χ1) is 9.88. The number of halogens is 3. The number of hydrogen-bond acceptors (Lipinski definition) is 3. The lowest BCUT2D eigenvalue weighted by molar-refractivity contribution is -0.386. The Kier molecular flexibility index (Phi) is 4.52. The molecule has 0 amide bonds. The number of nitro benzene ring substituents is 1. The van der Waals surface area contributed by atoms with Crippen molar-refractivity contribution >= 4 is 27.3 Å². The van der Waals surface area contributed by atoms with E-state index in [4.69, 9.17) is 0 Å². The Morgan fingerprint density at radius 2 is 1.86 bits per heavy atom. The van der Waals surface area contributed by atoms with Gasteiger partial charge in [0, 0.05) is 22.6 Å². The van der Waals surface area contributed by atoms with Crippen LogP contribution < -0.4 is 5.32 Å². The molecular formula is C14H11BrF2N2O2. The normalized spacial score (nSPS) is 12.0. The molecule has 0 aliphatic carbocycles. The highest BCUT2D eigenvalue weighted by Gasteiger charge is 2.23. The molecule has 0 bridgehead atoms. The summed E-state index contributed by atoms with van der Waals surface area (Å²) in [7, 11) is 0. The maximum absolute atomic E-state index is 13.5. The number of nitro groups is 1. The van der Waals surface area contributed by atoms with Gasteiger partial charge in [-0.05, 0) is 24.6 Å². The first-order valence-corrected chi connectivity index (χ1v) is 6.83. The van der Waals surface area contributed by atoms with Crippen molar-refractivity contribution in [1.29, 1.82) is 0 Å². The van der Waals surface area contributed by atoms with Gasteiger partial charge in [-0.25, -0.2) is 4.39 Å². The fraction of sp³-hybridized carbons (Fsp3) is 0.143. The average molecular weight is 357 g/mol. The van der Waals surface area contributed by atoms with Crippen molar-refractivity contribution in [1.82, 2.24) is 0 Å². The van der Waals surface area contributed by atoms with E-state index in [0.717, 1.165) is 16.1 Å². The summed E-state index contributed by atoms with van der Waals surface area (Å²) in [6, 6.07) is 8.30. The van der Waals surface area contributed by atoms with E-state index in [1.54, 1.807) is 6.92 Å². The molecule has 0 saturated carbocycles. The van der Waals surface area contributed by atoms with E-state index < -0.39 is 22.2 Å². The third-order valence-electron chi connectivity index (χ3n) is 2.95. The number of benzene rings is 2. The summed E-state index contributed by atoms with van der Waals surface area (Å²) in [5.41, 5.74) is -0.120. The summed E-state index contributed by atoms with van der Waals surface area (Å²) < 4.78 is 27.7. The quantitative estimate of drug-likeness (QED) is 0.631. The Labute approximate surface area is 128 Å². The lowest BCUT2D eigenvalue weighted by Gasteiger charge is -2.16. The smallest absolute Gasteiger partial charge is 0.327 e. The lowest BCUT2D eigenvalue weighted by Crippen LogP contribution is -2.09. The zero-order valence-electron chi connectivity index (χ0n) is 10.9. The van der Waals surface area contributed by atoms with Crippen LogP contribution in [0.25, 0.3) is 0 Å². The second-order valence-corrected chi connectivity index (χ2v) is 5.37.